The van der Waals surface area contributed by atoms with E-state index in [0.717, 1.165) is 44.2 Å². The van der Waals surface area contributed by atoms with E-state index in [9.17, 15) is 5.11 Å². The van der Waals surface area contributed by atoms with Gasteiger partial charge in [0.25, 0.3) is 0 Å². The smallest absolute Gasteiger partial charge is 0.191 e. The van der Waals surface area contributed by atoms with Crippen molar-refractivity contribution < 1.29 is 5.11 Å². The van der Waals surface area contributed by atoms with Crippen molar-refractivity contribution in [1.82, 2.24) is 9.88 Å². The molecule has 0 radical (unpaired) electrons. The summed E-state index contributed by atoms with van der Waals surface area (Å²) in [6.45, 7) is 8.49. The number of halogens is 1. The van der Waals surface area contributed by atoms with Gasteiger partial charge in [0, 0.05) is 43.2 Å². The Morgan fingerprint density at radius 1 is 1.35 bits per heavy atom. The Bertz CT molecular complexity index is 462. The number of aliphatic imine (C=N–C) groups is 1. The van der Waals surface area contributed by atoms with Crippen LogP contribution in [0.25, 0.3) is 0 Å². The van der Waals surface area contributed by atoms with Gasteiger partial charge in [0.2, 0.25) is 0 Å². The molecule has 2 rings (SSSR count). The number of thiazole rings is 1. The molecule has 1 saturated heterocycles. The maximum atomic E-state index is 9.60. The first-order valence-corrected chi connectivity index (χ1v) is 8.82. The average Bonchev–Trinajstić information content (AvgIpc) is 3.11. The van der Waals surface area contributed by atoms with Crippen molar-refractivity contribution in [3.05, 3.63) is 11.6 Å². The number of aliphatic hydroxyl groups excluding tert-OH is 1. The second-order valence-electron chi connectivity index (χ2n) is 5.83. The largest absolute Gasteiger partial charge is 0.396 e. The zero-order valence-corrected chi connectivity index (χ0v) is 17.1. The Labute approximate surface area is 159 Å². The zero-order chi connectivity index (χ0) is 16.0. The SMILES string of the molecule is CCC(CC)(CO)CN=C(N)N1CCN(c2nccs2)CC1.I. The Hall–Kier alpha value is -0.610. The molecule has 0 aliphatic carbocycles. The van der Waals surface area contributed by atoms with Crippen molar-refractivity contribution in [2.24, 2.45) is 16.1 Å². The number of piperazine rings is 1. The second-order valence-corrected chi connectivity index (χ2v) is 6.70. The highest BCUT2D eigenvalue weighted by atomic mass is 127. The fourth-order valence-corrected chi connectivity index (χ4v) is 3.29. The van der Waals surface area contributed by atoms with Crippen LogP contribution in [-0.2, 0) is 0 Å². The van der Waals surface area contributed by atoms with E-state index in [1.165, 1.54) is 0 Å². The predicted octanol–water partition coefficient (Wildman–Crippen LogP) is 2.00. The molecule has 0 spiro atoms. The van der Waals surface area contributed by atoms with Crippen LogP contribution in [0.15, 0.2) is 16.6 Å². The van der Waals surface area contributed by atoms with Crippen LogP contribution < -0.4 is 10.6 Å². The second kappa shape index (κ2) is 9.63. The van der Waals surface area contributed by atoms with Gasteiger partial charge < -0.3 is 20.6 Å². The fraction of sp³-hybridized carbons (Fsp3) is 0.733. The quantitative estimate of drug-likeness (QED) is 0.392. The maximum absolute atomic E-state index is 9.60. The van der Waals surface area contributed by atoms with E-state index in [2.05, 4.69) is 33.6 Å². The van der Waals surface area contributed by atoms with E-state index in [0.29, 0.717) is 12.5 Å². The van der Waals surface area contributed by atoms with Crippen LogP contribution in [0.1, 0.15) is 26.7 Å². The Morgan fingerprint density at radius 2 is 2.00 bits per heavy atom. The third-order valence-electron chi connectivity index (χ3n) is 4.71. The molecule has 2 heterocycles. The summed E-state index contributed by atoms with van der Waals surface area (Å²) in [5, 5.41) is 12.7. The van der Waals surface area contributed by atoms with Crippen molar-refractivity contribution >= 4 is 46.4 Å². The average molecular weight is 453 g/mol. The van der Waals surface area contributed by atoms with Crippen LogP contribution in [-0.4, -0.2) is 60.3 Å². The lowest BCUT2D eigenvalue weighted by atomic mass is 9.83. The highest BCUT2D eigenvalue weighted by Crippen LogP contribution is 2.26. The Balaban J connectivity index is 0.00000264. The summed E-state index contributed by atoms with van der Waals surface area (Å²) >= 11 is 1.67. The molecule has 0 bridgehead atoms. The van der Waals surface area contributed by atoms with Crippen LogP contribution in [0, 0.1) is 5.41 Å². The first-order chi connectivity index (χ1) is 10.6. The predicted molar refractivity (Wildman–Crippen MR) is 108 cm³/mol. The summed E-state index contributed by atoms with van der Waals surface area (Å²) < 4.78 is 0. The molecule has 3 N–H and O–H groups in total. The van der Waals surface area contributed by atoms with E-state index in [-0.39, 0.29) is 36.0 Å². The molecular formula is C15H28IN5OS. The highest BCUT2D eigenvalue weighted by Gasteiger charge is 2.26. The molecule has 0 atom stereocenters. The lowest BCUT2D eigenvalue weighted by molar-refractivity contribution is 0.123. The number of nitrogens with zero attached hydrogens (tertiary/aromatic N) is 4. The van der Waals surface area contributed by atoms with Gasteiger partial charge in [-0.2, -0.15) is 0 Å². The fourth-order valence-electron chi connectivity index (χ4n) is 2.59. The van der Waals surface area contributed by atoms with Crippen LogP contribution in [0.5, 0.6) is 0 Å². The summed E-state index contributed by atoms with van der Waals surface area (Å²) in [5.41, 5.74) is 6.01. The third kappa shape index (κ3) is 5.18. The molecule has 23 heavy (non-hydrogen) atoms. The van der Waals surface area contributed by atoms with Crippen LogP contribution in [0.3, 0.4) is 0 Å². The van der Waals surface area contributed by atoms with Crippen molar-refractivity contribution in [3.63, 3.8) is 0 Å². The summed E-state index contributed by atoms with van der Waals surface area (Å²) in [7, 11) is 0. The molecule has 132 valence electrons. The molecule has 1 aromatic heterocycles. The minimum absolute atomic E-state index is 0. The highest BCUT2D eigenvalue weighted by molar-refractivity contribution is 14.0. The summed E-state index contributed by atoms with van der Waals surface area (Å²) in [5.74, 6) is 0.596. The van der Waals surface area contributed by atoms with Gasteiger partial charge in [-0.3, -0.25) is 4.99 Å². The minimum Gasteiger partial charge on any atom is -0.396 e. The third-order valence-corrected chi connectivity index (χ3v) is 5.54. The summed E-state index contributed by atoms with van der Waals surface area (Å²) in [6.07, 6.45) is 3.66. The van der Waals surface area contributed by atoms with Crippen LogP contribution >= 0.6 is 35.3 Å². The van der Waals surface area contributed by atoms with Gasteiger partial charge in [-0.1, -0.05) is 13.8 Å². The lowest BCUT2D eigenvalue weighted by Crippen LogP contribution is -2.51. The van der Waals surface area contributed by atoms with Gasteiger partial charge in [-0.15, -0.1) is 35.3 Å². The van der Waals surface area contributed by atoms with Crippen molar-refractivity contribution in [2.75, 3.05) is 44.2 Å². The van der Waals surface area contributed by atoms with Crippen molar-refractivity contribution in [3.8, 4) is 0 Å². The van der Waals surface area contributed by atoms with Gasteiger partial charge in [0.1, 0.15) is 0 Å². The topological polar surface area (TPSA) is 78.0 Å². The molecule has 1 aliphatic rings. The summed E-state index contributed by atoms with van der Waals surface area (Å²) in [6, 6.07) is 0. The number of hydrogen-bond acceptors (Lipinski definition) is 5. The van der Waals surface area contributed by atoms with Gasteiger partial charge in [0.05, 0.1) is 13.2 Å². The first-order valence-electron chi connectivity index (χ1n) is 7.94. The van der Waals surface area contributed by atoms with E-state index in [1.807, 2.05) is 11.6 Å². The molecule has 6 nitrogen and oxygen atoms in total. The maximum Gasteiger partial charge on any atom is 0.191 e. The van der Waals surface area contributed by atoms with Gasteiger partial charge in [-0.05, 0) is 12.8 Å². The Morgan fingerprint density at radius 3 is 2.48 bits per heavy atom. The minimum atomic E-state index is -0.132. The van der Waals surface area contributed by atoms with E-state index >= 15 is 0 Å². The number of nitrogens with two attached hydrogens (primary N) is 1. The molecule has 1 fully saturated rings. The van der Waals surface area contributed by atoms with Crippen molar-refractivity contribution in [2.45, 2.75) is 26.7 Å². The number of aromatic nitrogens is 1. The van der Waals surface area contributed by atoms with E-state index in [4.69, 9.17) is 5.73 Å². The molecule has 1 aliphatic heterocycles. The Kier molecular flexibility index (Phi) is 8.56. The number of rotatable bonds is 6. The molecule has 0 unspecified atom stereocenters. The van der Waals surface area contributed by atoms with Gasteiger partial charge in [-0.25, -0.2) is 4.98 Å². The summed E-state index contributed by atoms with van der Waals surface area (Å²) in [4.78, 5) is 13.3. The standard InChI is InChI=1S/C15H27N5OS.HI/c1-3-15(4-2,12-21)11-18-13(16)19-6-8-20(9-7-19)14-17-5-10-22-14;/h5,10,21H,3-4,6-9,11-12H2,1-2H3,(H2,16,18);1H. The molecule has 0 saturated carbocycles. The van der Waals surface area contributed by atoms with Crippen LogP contribution in [0.2, 0.25) is 0 Å². The first kappa shape index (κ1) is 20.4. The normalized spacial score (nSPS) is 16.4. The number of guanidine groups is 1. The molecular weight excluding hydrogens is 425 g/mol. The molecule has 0 aromatic carbocycles. The van der Waals surface area contributed by atoms with Crippen molar-refractivity contribution in [1.29, 1.82) is 0 Å². The number of anilines is 1. The molecule has 8 heteroatoms. The van der Waals surface area contributed by atoms with Gasteiger partial charge in [0.15, 0.2) is 11.1 Å². The van der Waals surface area contributed by atoms with Crippen LogP contribution in [0.4, 0.5) is 5.13 Å². The number of aliphatic hydroxyl groups is 1. The zero-order valence-electron chi connectivity index (χ0n) is 13.9. The molecule has 0 amide bonds. The van der Waals surface area contributed by atoms with E-state index < -0.39 is 0 Å². The number of hydrogen-bond donors (Lipinski definition) is 2. The monoisotopic (exact) mass is 453 g/mol. The molecule has 1 aromatic rings. The lowest BCUT2D eigenvalue weighted by Gasteiger charge is -2.35. The van der Waals surface area contributed by atoms with E-state index in [1.54, 1.807) is 11.3 Å². The van der Waals surface area contributed by atoms with Gasteiger partial charge >= 0.3 is 0 Å².